The van der Waals surface area contributed by atoms with Crippen molar-refractivity contribution in [3.05, 3.63) is 112 Å². The Hall–Kier alpha value is -4.03. The second kappa shape index (κ2) is 10.1. The Kier molecular flexibility index (Phi) is 6.76. The minimum Gasteiger partial charge on any atom is -0.436 e. The molecule has 6 heteroatoms. The van der Waals surface area contributed by atoms with E-state index in [0.717, 1.165) is 26.8 Å². The lowest BCUT2D eigenvalue weighted by Crippen LogP contribution is -2.10. The van der Waals surface area contributed by atoms with Crippen LogP contribution in [0.3, 0.4) is 0 Å². The Morgan fingerprint density at radius 3 is 2.30 bits per heavy atom. The van der Waals surface area contributed by atoms with E-state index in [9.17, 15) is 4.79 Å². The van der Waals surface area contributed by atoms with Crippen LogP contribution < -0.4 is 4.74 Å². The van der Waals surface area contributed by atoms with E-state index >= 15 is 0 Å². The first-order chi connectivity index (χ1) is 17.7. The van der Waals surface area contributed by atoms with Crippen molar-refractivity contribution in [2.24, 2.45) is 4.99 Å². The van der Waals surface area contributed by atoms with Gasteiger partial charge in [-0.1, -0.05) is 48.8 Å². The van der Waals surface area contributed by atoms with E-state index in [1.54, 1.807) is 42.6 Å². The lowest BCUT2D eigenvalue weighted by Gasteiger charge is -2.18. The third-order valence-electron chi connectivity index (χ3n) is 5.90. The van der Waals surface area contributed by atoms with Gasteiger partial charge in [0.1, 0.15) is 11.3 Å². The Balaban J connectivity index is 1.27. The number of fused-ring (bicyclic) bond motifs is 1. The first-order valence-corrected chi connectivity index (χ1v) is 12.7. The highest BCUT2D eigenvalue weighted by atomic mass is 79.9. The van der Waals surface area contributed by atoms with Crippen LogP contribution in [-0.2, 0) is 5.41 Å². The Morgan fingerprint density at radius 1 is 0.919 bits per heavy atom. The predicted octanol–water partition coefficient (Wildman–Crippen LogP) is 8.52. The molecule has 5 nitrogen and oxygen atoms in total. The number of carbonyl (C=O) groups is 1. The molecule has 0 radical (unpaired) electrons. The summed E-state index contributed by atoms with van der Waals surface area (Å²) in [4.78, 5) is 21.5. The van der Waals surface area contributed by atoms with Gasteiger partial charge in [-0.25, -0.2) is 9.78 Å². The molecule has 0 amide bonds. The fourth-order valence-corrected chi connectivity index (χ4v) is 4.02. The van der Waals surface area contributed by atoms with E-state index < -0.39 is 5.97 Å². The number of carbonyl (C=O) groups excluding carboxylic acids is 1. The summed E-state index contributed by atoms with van der Waals surface area (Å²) in [5.74, 6) is 0.654. The van der Waals surface area contributed by atoms with Crippen molar-refractivity contribution in [2.45, 2.75) is 26.2 Å². The fourth-order valence-electron chi connectivity index (χ4n) is 3.76. The SMILES string of the molecule is CC(C)(C)c1ccc(-c2nc3cc(N=Cc4ccc(OC(=O)c5ccc(Br)cc5)cc4)ccc3o2)cc1. The summed E-state index contributed by atoms with van der Waals surface area (Å²) in [5, 5.41) is 0. The maximum Gasteiger partial charge on any atom is 0.343 e. The second-order valence-electron chi connectivity index (χ2n) is 9.72. The van der Waals surface area contributed by atoms with Crippen molar-refractivity contribution in [3.63, 3.8) is 0 Å². The summed E-state index contributed by atoms with van der Waals surface area (Å²) in [6, 6.07) is 28.2. The second-order valence-corrected chi connectivity index (χ2v) is 10.6. The van der Waals surface area contributed by atoms with Gasteiger partial charge in [-0.2, -0.15) is 0 Å². The molecule has 184 valence electrons. The summed E-state index contributed by atoms with van der Waals surface area (Å²) < 4.78 is 12.3. The number of benzene rings is 4. The van der Waals surface area contributed by atoms with Gasteiger partial charge in [0.15, 0.2) is 5.58 Å². The molecule has 5 rings (SSSR count). The molecule has 0 aliphatic heterocycles. The molecular weight excluding hydrogens is 528 g/mol. The normalized spacial score (nSPS) is 11.8. The van der Waals surface area contributed by atoms with Gasteiger partial charge in [-0.15, -0.1) is 0 Å². The third-order valence-corrected chi connectivity index (χ3v) is 6.43. The first-order valence-electron chi connectivity index (χ1n) is 11.9. The van der Waals surface area contributed by atoms with Crippen LogP contribution in [0.1, 0.15) is 42.3 Å². The van der Waals surface area contributed by atoms with Crippen molar-refractivity contribution in [1.82, 2.24) is 4.98 Å². The number of hydrogen-bond acceptors (Lipinski definition) is 5. The van der Waals surface area contributed by atoms with Crippen molar-refractivity contribution in [3.8, 4) is 17.2 Å². The lowest BCUT2D eigenvalue weighted by atomic mass is 9.87. The lowest BCUT2D eigenvalue weighted by molar-refractivity contribution is 0.0734. The van der Waals surface area contributed by atoms with Crippen molar-refractivity contribution < 1.29 is 13.9 Å². The van der Waals surface area contributed by atoms with Crippen LogP contribution >= 0.6 is 15.9 Å². The van der Waals surface area contributed by atoms with Gasteiger partial charge in [-0.05, 0) is 95.4 Å². The highest BCUT2D eigenvalue weighted by Gasteiger charge is 2.15. The molecule has 0 spiro atoms. The number of ether oxygens (including phenoxy) is 1. The zero-order chi connectivity index (χ0) is 26.0. The number of hydrogen-bond donors (Lipinski definition) is 0. The van der Waals surface area contributed by atoms with Gasteiger partial charge in [0, 0.05) is 16.3 Å². The molecule has 0 saturated carbocycles. The molecule has 1 aromatic heterocycles. The van der Waals surface area contributed by atoms with Gasteiger partial charge in [0.25, 0.3) is 0 Å². The molecule has 1 heterocycles. The van der Waals surface area contributed by atoms with Gasteiger partial charge < -0.3 is 9.15 Å². The molecule has 0 unspecified atom stereocenters. The van der Waals surface area contributed by atoms with Gasteiger partial charge in [0.2, 0.25) is 5.89 Å². The Bertz CT molecular complexity index is 1580. The summed E-state index contributed by atoms with van der Waals surface area (Å²) in [6.45, 7) is 6.58. The van der Waals surface area contributed by atoms with Crippen molar-refractivity contribution >= 4 is 44.9 Å². The summed E-state index contributed by atoms with van der Waals surface area (Å²) in [6.07, 6.45) is 1.76. The van der Waals surface area contributed by atoms with Crippen LogP contribution in [0.15, 0.2) is 105 Å². The van der Waals surface area contributed by atoms with Crippen LogP contribution in [0.2, 0.25) is 0 Å². The number of aromatic nitrogens is 1. The van der Waals surface area contributed by atoms with Gasteiger partial charge >= 0.3 is 5.97 Å². The number of oxazole rings is 1. The molecule has 0 fully saturated rings. The fraction of sp³-hybridized carbons (Fsp3) is 0.129. The maximum absolute atomic E-state index is 12.3. The minimum atomic E-state index is -0.403. The highest BCUT2D eigenvalue weighted by Crippen LogP contribution is 2.29. The zero-order valence-corrected chi connectivity index (χ0v) is 22.3. The first kappa shape index (κ1) is 24.7. The van der Waals surface area contributed by atoms with Crippen LogP contribution in [0.5, 0.6) is 5.75 Å². The number of halogens is 1. The van der Waals surface area contributed by atoms with E-state index in [0.29, 0.717) is 22.8 Å². The molecule has 0 N–H and O–H groups in total. The summed E-state index contributed by atoms with van der Waals surface area (Å²) in [5.41, 5.74) is 5.89. The predicted molar refractivity (Wildman–Crippen MR) is 151 cm³/mol. The van der Waals surface area contributed by atoms with Crippen molar-refractivity contribution in [1.29, 1.82) is 0 Å². The van der Waals surface area contributed by atoms with Gasteiger partial charge in [0.05, 0.1) is 11.3 Å². The molecule has 0 aliphatic carbocycles. The molecule has 0 bridgehead atoms. The van der Waals surface area contributed by atoms with Crippen LogP contribution in [-0.4, -0.2) is 17.2 Å². The molecule has 5 aromatic rings. The monoisotopic (exact) mass is 552 g/mol. The smallest absolute Gasteiger partial charge is 0.343 e. The van der Waals surface area contributed by atoms with E-state index in [4.69, 9.17) is 9.15 Å². The average Bonchev–Trinajstić information content (AvgIpc) is 3.32. The van der Waals surface area contributed by atoms with E-state index in [1.165, 1.54) is 5.56 Å². The highest BCUT2D eigenvalue weighted by molar-refractivity contribution is 9.10. The minimum absolute atomic E-state index is 0.0948. The summed E-state index contributed by atoms with van der Waals surface area (Å²) >= 11 is 3.36. The number of rotatable bonds is 5. The zero-order valence-electron chi connectivity index (χ0n) is 20.7. The quantitative estimate of drug-likeness (QED) is 0.124. The van der Waals surface area contributed by atoms with Crippen LogP contribution in [0.4, 0.5) is 5.69 Å². The topological polar surface area (TPSA) is 64.7 Å². The molecule has 37 heavy (non-hydrogen) atoms. The van der Waals surface area contributed by atoms with Gasteiger partial charge in [-0.3, -0.25) is 4.99 Å². The van der Waals surface area contributed by atoms with Crippen LogP contribution in [0.25, 0.3) is 22.6 Å². The Labute approximate surface area is 224 Å². The standard InChI is InChI=1S/C31H25BrN2O3/c1-31(2,3)23-10-6-21(7-11-23)29-34-27-18-25(14-17-28(27)37-29)33-19-20-4-15-26(16-5-20)36-30(35)22-8-12-24(32)13-9-22/h4-19H,1-3H3. The van der Waals surface area contributed by atoms with E-state index in [1.807, 2.05) is 42.5 Å². The molecule has 0 saturated heterocycles. The third kappa shape index (κ3) is 5.87. The molecule has 0 atom stereocenters. The number of esters is 1. The molecular formula is C31H25BrN2O3. The number of aliphatic imine (C=N–C) groups is 1. The largest absolute Gasteiger partial charge is 0.436 e. The summed E-state index contributed by atoms with van der Waals surface area (Å²) in [7, 11) is 0. The Morgan fingerprint density at radius 2 is 1.62 bits per heavy atom. The number of nitrogens with zero attached hydrogens (tertiary/aromatic N) is 2. The van der Waals surface area contributed by atoms with E-state index in [-0.39, 0.29) is 5.41 Å². The van der Waals surface area contributed by atoms with Crippen LogP contribution in [0, 0.1) is 0 Å². The molecule has 4 aromatic carbocycles. The average molecular weight is 553 g/mol. The van der Waals surface area contributed by atoms with E-state index in [2.05, 4.69) is 58.8 Å². The molecule has 0 aliphatic rings. The maximum atomic E-state index is 12.3. The van der Waals surface area contributed by atoms with Crippen molar-refractivity contribution in [2.75, 3.05) is 0 Å².